The first-order valence-electron chi connectivity index (χ1n) is 11.7. The standard InChI is InChI=1S/C27H31FN4O5/c1-17-15-22(31-37-17)29-23(33)13-14-24(34)32(20-8-6-7-19(28)16-20)25(26(35)30-27(2,3)4)18-9-11-21(36-5)12-10-18/h6-12,15-16,25H,13-14H2,1-5H3,(H,30,35)(H,29,31,33)/t25-/m1/s1. The molecule has 0 fully saturated rings. The molecule has 37 heavy (non-hydrogen) atoms. The topological polar surface area (TPSA) is 114 Å². The molecular weight excluding hydrogens is 479 g/mol. The van der Waals surface area contributed by atoms with Crippen molar-refractivity contribution in [3.8, 4) is 5.75 Å². The average molecular weight is 511 g/mol. The van der Waals surface area contributed by atoms with Gasteiger partial charge in [-0.25, -0.2) is 4.39 Å². The van der Waals surface area contributed by atoms with Crippen molar-refractivity contribution in [1.29, 1.82) is 0 Å². The Morgan fingerprint density at radius 3 is 2.35 bits per heavy atom. The molecule has 0 aliphatic heterocycles. The number of ether oxygens (including phenoxy) is 1. The highest BCUT2D eigenvalue weighted by Crippen LogP contribution is 2.31. The van der Waals surface area contributed by atoms with E-state index in [0.717, 1.165) is 0 Å². The zero-order valence-electron chi connectivity index (χ0n) is 21.5. The maximum atomic E-state index is 14.3. The van der Waals surface area contributed by atoms with Gasteiger partial charge in [0.05, 0.1) is 7.11 Å². The first-order chi connectivity index (χ1) is 17.5. The SMILES string of the molecule is COc1ccc([C@H](C(=O)NC(C)(C)C)N(C(=O)CCC(=O)Nc2cc(C)on2)c2cccc(F)c2)cc1. The van der Waals surface area contributed by atoms with Crippen LogP contribution < -0.4 is 20.3 Å². The zero-order valence-corrected chi connectivity index (χ0v) is 21.5. The summed E-state index contributed by atoms with van der Waals surface area (Å²) in [4.78, 5) is 40.9. The number of halogens is 1. The summed E-state index contributed by atoms with van der Waals surface area (Å²) in [6, 6.07) is 12.5. The van der Waals surface area contributed by atoms with Crippen LogP contribution in [0.5, 0.6) is 5.75 Å². The van der Waals surface area contributed by atoms with Crippen LogP contribution in [0.15, 0.2) is 59.1 Å². The van der Waals surface area contributed by atoms with Crippen LogP contribution in [0.4, 0.5) is 15.9 Å². The molecule has 3 amide bonds. The number of nitrogens with zero attached hydrogens (tertiary/aromatic N) is 2. The molecule has 1 aromatic heterocycles. The molecule has 0 aliphatic rings. The van der Waals surface area contributed by atoms with Crippen molar-refractivity contribution in [2.75, 3.05) is 17.3 Å². The number of carbonyl (C=O) groups is 3. The van der Waals surface area contributed by atoms with Gasteiger partial charge in [0, 0.05) is 30.1 Å². The minimum Gasteiger partial charge on any atom is -0.497 e. The number of hydrogen-bond donors (Lipinski definition) is 2. The van der Waals surface area contributed by atoms with Gasteiger partial charge in [-0.15, -0.1) is 0 Å². The lowest BCUT2D eigenvalue weighted by atomic mass is 10.00. The fraction of sp³-hybridized carbons (Fsp3) is 0.333. The Morgan fingerprint density at radius 1 is 1.08 bits per heavy atom. The number of anilines is 2. The van der Waals surface area contributed by atoms with E-state index in [4.69, 9.17) is 9.26 Å². The third-order valence-corrected chi connectivity index (χ3v) is 5.25. The molecule has 9 nitrogen and oxygen atoms in total. The van der Waals surface area contributed by atoms with Gasteiger partial charge in [0.15, 0.2) is 5.82 Å². The summed E-state index contributed by atoms with van der Waals surface area (Å²) in [5, 5.41) is 9.18. The van der Waals surface area contributed by atoms with Crippen molar-refractivity contribution in [3.63, 3.8) is 0 Å². The predicted molar refractivity (Wildman–Crippen MR) is 137 cm³/mol. The molecule has 2 aromatic carbocycles. The molecule has 1 heterocycles. The van der Waals surface area contributed by atoms with E-state index in [1.165, 1.54) is 30.2 Å². The van der Waals surface area contributed by atoms with Gasteiger partial charge < -0.3 is 19.9 Å². The first-order valence-corrected chi connectivity index (χ1v) is 11.7. The van der Waals surface area contributed by atoms with Crippen LogP contribution in [0, 0.1) is 12.7 Å². The van der Waals surface area contributed by atoms with Crippen LogP contribution in [-0.4, -0.2) is 35.5 Å². The van der Waals surface area contributed by atoms with Crippen molar-refractivity contribution in [2.45, 2.75) is 52.1 Å². The smallest absolute Gasteiger partial charge is 0.248 e. The van der Waals surface area contributed by atoms with E-state index in [9.17, 15) is 18.8 Å². The average Bonchev–Trinajstić information content (AvgIpc) is 3.24. The van der Waals surface area contributed by atoms with E-state index in [1.54, 1.807) is 43.3 Å². The van der Waals surface area contributed by atoms with Gasteiger partial charge in [-0.3, -0.25) is 19.3 Å². The Hall–Kier alpha value is -4.21. The largest absolute Gasteiger partial charge is 0.497 e. The molecule has 0 saturated carbocycles. The van der Waals surface area contributed by atoms with E-state index < -0.39 is 35.1 Å². The molecule has 196 valence electrons. The molecule has 0 bridgehead atoms. The second-order valence-corrected chi connectivity index (χ2v) is 9.53. The Morgan fingerprint density at radius 2 is 1.78 bits per heavy atom. The third-order valence-electron chi connectivity index (χ3n) is 5.25. The third kappa shape index (κ3) is 7.63. The summed E-state index contributed by atoms with van der Waals surface area (Å²) in [6.07, 6.45) is -0.429. The molecule has 0 spiro atoms. The normalized spacial score (nSPS) is 11.9. The van der Waals surface area contributed by atoms with E-state index >= 15 is 0 Å². The van der Waals surface area contributed by atoms with Crippen LogP contribution in [0.25, 0.3) is 0 Å². The predicted octanol–water partition coefficient (Wildman–Crippen LogP) is 4.54. The van der Waals surface area contributed by atoms with Crippen molar-refractivity contribution in [3.05, 3.63) is 71.7 Å². The second kappa shape index (κ2) is 11.7. The van der Waals surface area contributed by atoms with Crippen molar-refractivity contribution < 1.29 is 28.0 Å². The van der Waals surface area contributed by atoms with Crippen molar-refractivity contribution in [1.82, 2.24) is 10.5 Å². The number of methoxy groups -OCH3 is 1. The molecule has 0 aliphatic carbocycles. The molecule has 0 saturated heterocycles. The molecule has 2 N–H and O–H groups in total. The van der Waals surface area contributed by atoms with Gasteiger partial charge in [-0.1, -0.05) is 23.4 Å². The number of carbonyl (C=O) groups excluding carboxylic acids is 3. The van der Waals surface area contributed by atoms with Gasteiger partial charge >= 0.3 is 0 Å². The number of aromatic nitrogens is 1. The van der Waals surface area contributed by atoms with Crippen LogP contribution in [0.1, 0.15) is 51.0 Å². The molecule has 10 heteroatoms. The highest BCUT2D eigenvalue weighted by Gasteiger charge is 2.34. The van der Waals surface area contributed by atoms with Gasteiger partial charge in [-0.05, 0) is 63.6 Å². The monoisotopic (exact) mass is 510 g/mol. The maximum absolute atomic E-state index is 14.3. The lowest BCUT2D eigenvalue weighted by Crippen LogP contribution is -2.49. The number of amides is 3. The van der Waals surface area contributed by atoms with E-state index in [0.29, 0.717) is 17.1 Å². The molecular formula is C27H31FN4O5. The highest BCUT2D eigenvalue weighted by atomic mass is 19.1. The number of aryl methyl sites for hydroxylation is 1. The molecule has 0 unspecified atom stereocenters. The number of rotatable bonds is 9. The van der Waals surface area contributed by atoms with Crippen LogP contribution in [0.3, 0.4) is 0 Å². The number of nitrogens with one attached hydrogen (secondary N) is 2. The number of benzene rings is 2. The van der Waals surface area contributed by atoms with E-state index in [2.05, 4.69) is 15.8 Å². The van der Waals surface area contributed by atoms with Crippen LogP contribution >= 0.6 is 0 Å². The fourth-order valence-electron chi connectivity index (χ4n) is 3.68. The zero-order chi connectivity index (χ0) is 27.2. The maximum Gasteiger partial charge on any atom is 0.248 e. The summed E-state index contributed by atoms with van der Waals surface area (Å²) < 4.78 is 24.4. The Balaban J connectivity index is 1.96. The van der Waals surface area contributed by atoms with Crippen LogP contribution in [0.2, 0.25) is 0 Å². The lowest BCUT2D eigenvalue weighted by Gasteiger charge is -2.34. The van der Waals surface area contributed by atoms with E-state index in [-0.39, 0.29) is 24.3 Å². The minimum absolute atomic E-state index is 0.183. The fourth-order valence-corrected chi connectivity index (χ4v) is 3.68. The minimum atomic E-state index is -1.14. The summed E-state index contributed by atoms with van der Waals surface area (Å²) in [5.41, 5.74) is 0.0683. The highest BCUT2D eigenvalue weighted by molar-refractivity contribution is 6.03. The number of hydrogen-bond acceptors (Lipinski definition) is 6. The quantitative estimate of drug-likeness (QED) is 0.437. The van der Waals surface area contributed by atoms with Gasteiger partial charge in [-0.2, -0.15) is 0 Å². The molecule has 3 rings (SSSR count). The van der Waals surface area contributed by atoms with Gasteiger partial charge in [0.25, 0.3) is 0 Å². The first kappa shape index (κ1) is 27.4. The Bertz CT molecular complexity index is 1250. The summed E-state index contributed by atoms with van der Waals surface area (Å²) >= 11 is 0. The van der Waals surface area contributed by atoms with Crippen molar-refractivity contribution >= 4 is 29.2 Å². The molecule has 1 atom stereocenters. The summed E-state index contributed by atoms with van der Waals surface area (Å²) in [5.74, 6) is -0.699. The Kier molecular flexibility index (Phi) is 8.65. The molecule has 3 aromatic rings. The van der Waals surface area contributed by atoms with Gasteiger partial charge in [0.1, 0.15) is 23.4 Å². The van der Waals surface area contributed by atoms with Crippen LogP contribution in [-0.2, 0) is 14.4 Å². The molecule has 0 radical (unpaired) electrons. The summed E-state index contributed by atoms with van der Waals surface area (Å²) in [6.45, 7) is 7.14. The lowest BCUT2D eigenvalue weighted by molar-refractivity contribution is -0.128. The second-order valence-electron chi connectivity index (χ2n) is 9.53. The van der Waals surface area contributed by atoms with Gasteiger partial charge in [0.2, 0.25) is 17.7 Å². The van der Waals surface area contributed by atoms with E-state index in [1.807, 2.05) is 20.8 Å². The Labute approximate surface area is 215 Å². The van der Waals surface area contributed by atoms with Crippen molar-refractivity contribution in [2.24, 2.45) is 0 Å². The summed E-state index contributed by atoms with van der Waals surface area (Å²) in [7, 11) is 1.52.